The van der Waals surface area contributed by atoms with Gasteiger partial charge in [0.25, 0.3) is 0 Å². The zero-order valence-corrected chi connectivity index (χ0v) is 22.9. The van der Waals surface area contributed by atoms with Crippen molar-refractivity contribution in [1.29, 1.82) is 0 Å². The molecule has 13 heteroatoms. The van der Waals surface area contributed by atoms with Gasteiger partial charge in [0.05, 0.1) is 38.7 Å². The van der Waals surface area contributed by atoms with Crippen LogP contribution in [-0.2, 0) is 42.7 Å². The summed E-state index contributed by atoms with van der Waals surface area (Å²) in [5.41, 5.74) is 1.74. The molecule has 1 aromatic heterocycles. The molecule has 0 unspecified atom stereocenters. The maximum atomic E-state index is 12.2. The lowest BCUT2D eigenvalue weighted by atomic mass is 10.1. The van der Waals surface area contributed by atoms with Crippen LogP contribution in [0.5, 0.6) is 0 Å². The van der Waals surface area contributed by atoms with Crippen molar-refractivity contribution >= 4 is 27.1 Å². The van der Waals surface area contributed by atoms with Crippen LogP contribution in [0.25, 0.3) is 0 Å². The fraction of sp³-hybridized carbons (Fsp3) is 0.609. The summed E-state index contributed by atoms with van der Waals surface area (Å²) in [6, 6.07) is 7.67. The second-order valence-electron chi connectivity index (χ2n) is 9.06. The molecule has 0 bridgehead atoms. The molecule has 0 radical (unpaired) electrons. The van der Waals surface area contributed by atoms with E-state index in [9.17, 15) is 14.2 Å². The molecule has 0 saturated heterocycles. The third-order valence-electron chi connectivity index (χ3n) is 5.29. The Hall–Kier alpha value is -1.76. The van der Waals surface area contributed by atoms with Crippen LogP contribution in [0, 0.1) is 0 Å². The van der Waals surface area contributed by atoms with Gasteiger partial charge in [0.1, 0.15) is 5.78 Å². The first-order valence-electron chi connectivity index (χ1n) is 12.1. The summed E-state index contributed by atoms with van der Waals surface area (Å²) in [7, 11) is -6.77. The van der Waals surface area contributed by atoms with Crippen molar-refractivity contribution < 1.29 is 37.9 Å². The quantitative estimate of drug-likeness (QED) is 0.136. The minimum absolute atomic E-state index is 0.00425. The molecule has 0 aliphatic carbocycles. The number of phosphoric acid groups is 1. The van der Waals surface area contributed by atoms with Crippen molar-refractivity contribution in [2.45, 2.75) is 58.2 Å². The zero-order valence-electron chi connectivity index (χ0n) is 21.0. The van der Waals surface area contributed by atoms with Gasteiger partial charge in [-0.2, -0.15) is 0 Å². The average molecular weight is 544 g/mol. The molecule has 3 N–H and O–H groups in total. The Kier molecular flexibility index (Phi) is 13.1. The summed E-state index contributed by atoms with van der Waals surface area (Å²) in [6.07, 6.45) is 5.17. The van der Waals surface area contributed by atoms with E-state index in [2.05, 4.69) is 14.8 Å². The number of Topliss-reactive ketones (excluding diaryl/α,β-unsaturated/α-hetero) is 1. The lowest BCUT2D eigenvalue weighted by Crippen LogP contribution is -2.41. The van der Waals surface area contributed by atoms with Crippen LogP contribution in [0.2, 0.25) is 13.1 Å². The fourth-order valence-electron chi connectivity index (χ4n) is 3.38. The smallest absolute Gasteiger partial charge is 0.428 e. The van der Waals surface area contributed by atoms with E-state index in [0.717, 1.165) is 16.4 Å². The van der Waals surface area contributed by atoms with E-state index < -0.39 is 16.1 Å². The summed E-state index contributed by atoms with van der Waals surface area (Å²) in [5.74, 6) is 0.158. The Balaban J connectivity index is 1.46. The first kappa shape index (κ1) is 30.5. The lowest BCUT2D eigenvalue weighted by molar-refractivity contribution is -0.118. The summed E-state index contributed by atoms with van der Waals surface area (Å²) in [6.45, 7) is 6.15. The van der Waals surface area contributed by atoms with Crippen LogP contribution < -0.4 is 5.19 Å². The first-order valence-corrected chi connectivity index (χ1v) is 16.6. The topological polar surface area (TPSA) is 153 Å². The first-order chi connectivity index (χ1) is 17.0. The van der Waals surface area contributed by atoms with Crippen LogP contribution >= 0.6 is 7.82 Å². The minimum atomic E-state index is -4.40. The van der Waals surface area contributed by atoms with Crippen molar-refractivity contribution in [2.75, 3.05) is 33.0 Å². The average Bonchev–Trinajstić information content (AvgIpc) is 3.24. The Morgan fingerprint density at radius 1 is 1.06 bits per heavy atom. The second-order valence-corrected chi connectivity index (χ2v) is 14.0. The molecule has 1 aromatic carbocycles. The molecule has 1 heterocycles. The molecule has 0 aliphatic heterocycles. The van der Waals surface area contributed by atoms with Crippen LogP contribution in [-0.4, -0.2) is 76.7 Å². The zero-order chi connectivity index (χ0) is 26.4. The predicted molar refractivity (Wildman–Crippen MR) is 136 cm³/mol. The van der Waals surface area contributed by atoms with Crippen LogP contribution in [0.4, 0.5) is 0 Å². The number of benzene rings is 1. The highest BCUT2D eigenvalue weighted by atomic mass is 31.2. The number of nitrogens with zero attached hydrogens (tertiary/aromatic N) is 3. The number of aromatic nitrogens is 3. The molecule has 0 aliphatic rings. The van der Waals surface area contributed by atoms with Gasteiger partial charge in [0.2, 0.25) is 8.32 Å². The maximum Gasteiger partial charge on any atom is 0.469 e. The van der Waals surface area contributed by atoms with E-state index in [4.69, 9.17) is 19.3 Å². The molecule has 11 nitrogen and oxygen atoms in total. The van der Waals surface area contributed by atoms with Gasteiger partial charge >= 0.3 is 7.82 Å². The van der Waals surface area contributed by atoms with Gasteiger partial charge in [-0.3, -0.25) is 9.32 Å². The Bertz CT molecular complexity index is 976. The van der Waals surface area contributed by atoms with Crippen molar-refractivity contribution in [3.8, 4) is 0 Å². The predicted octanol–water partition coefficient (Wildman–Crippen LogP) is 1.74. The summed E-state index contributed by atoms with van der Waals surface area (Å²) in [5, 5.41) is 9.04. The molecule has 0 atom stereocenters. The van der Waals surface area contributed by atoms with Gasteiger partial charge in [-0.1, -0.05) is 29.5 Å². The Morgan fingerprint density at radius 3 is 2.53 bits per heavy atom. The molecule has 2 aromatic rings. The number of ketones is 1. The van der Waals surface area contributed by atoms with Crippen LogP contribution in [0.3, 0.4) is 0 Å². The SMILES string of the molecule is C[Si](C)(O)c1cccc(CC(=O)CCCOCCOCCn2cc(CCCCOP(=O)(O)O)nn2)c1. The van der Waals surface area contributed by atoms with Gasteiger partial charge in [0.15, 0.2) is 0 Å². The number of phosphoric ester groups is 1. The van der Waals surface area contributed by atoms with Gasteiger partial charge in [-0.05, 0) is 49.5 Å². The number of rotatable bonds is 19. The molecule has 202 valence electrons. The summed E-state index contributed by atoms with van der Waals surface area (Å²) in [4.78, 5) is 39.7. The monoisotopic (exact) mass is 543 g/mol. The molecular weight excluding hydrogens is 505 g/mol. The lowest BCUT2D eigenvalue weighted by Gasteiger charge is -2.15. The third kappa shape index (κ3) is 13.5. The van der Waals surface area contributed by atoms with Crippen molar-refractivity contribution in [2.24, 2.45) is 0 Å². The molecule has 0 amide bonds. The fourth-order valence-corrected chi connectivity index (χ4v) is 4.79. The number of aryl methyl sites for hydroxylation is 1. The molecule has 0 saturated carbocycles. The van der Waals surface area contributed by atoms with Crippen LogP contribution in [0.15, 0.2) is 30.5 Å². The Morgan fingerprint density at radius 2 is 1.81 bits per heavy atom. The summed E-state index contributed by atoms with van der Waals surface area (Å²) < 4.78 is 27.8. The van der Waals surface area contributed by atoms with E-state index in [1.165, 1.54) is 0 Å². The summed E-state index contributed by atoms with van der Waals surface area (Å²) >= 11 is 0. The molecule has 0 spiro atoms. The van der Waals surface area contributed by atoms with E-state index in [1.54, 1.807) is 4.68 Å². The second kappa shape index (κ2) is 15.5. The standard InChI is InChI=1S/C23H38N3O8PSi/c1-36(2,31)23-10-5-7-20(18-23)17-22(27)9-6-12-32-15-16-33-14-11-26-19-21(24-25-26)8-3-4-13-34-35(28,29)30/h5,7,10,18-19,31H,3-4,6,8-9,11-17H2,1-2H3,(H2,28,29,30). The van der Waals surface area contributed by atoms with Crippen molar-refractivity contribution in [1.82, 2.24) is 15.0 Å². The number of carbonyl (C=O) groups is 1. The van der Waals surface area contributed by atoms with Crippen LogP contribution in [0.1, 0.15) is 36.9 Å². The van der Waals surface area contributed by atoms with Gasteiger partial charge in [-0.15, -0.1) is 5.10 Å². The van der Waals surface area contributed by atoms with E-state index in [0.29, 0.717) is 71.5 Å². The highest BCUT2D eigenvalue weighted by molar-refractivity contribution is 7.46. The Labute approximate surface area is 213 Å². The van der Waals surface area contributed by atoms with Gasteiger partial charge in [-0.25, -0.2) is 9.25 Å². The highest BCUT2D eigenvalue weighted by Crippen LogP contribution is 2.35. The minimum Gasteiger partial charge on any atom is -0.428 e. The van der Waals surface area contributed by atoms with E-state index in [-0.39, 0.29) is 12.4 Å². The largest absolute Gasteiger partial charge is 0.469 e. The van der Waals surface area contributed by atoms with Crippen molar-refractivity contribution in [3.05, 3.63) is 41.7 Å². The maximum absolute atomic E-state index is 12.2. The normalized spacial score (nSPS) is 12.2. The number of unbranched alkanes of at least 4 members (excludes halogenated alkanes) is 1. The molecule has 2 rings (SSSR count). The van der Waals surface area contributed by atoms with E-state index in [1.807, 2.05) is 43.6 Å². The number of hydrogen-bond acceptors (Lipinski definition) is 8. The third-order valence-corrected chi connectivity index (χ3v) is 7.53. The van der Waals surface area contributed by atoms with Crippen molar-refractivity contribution in [3.63, 3.8) is 0 Å². The molecule has 0 fully saturated rings. The molecular formula is C23H38N3O8PSi. The number of hydrogen-bond donors (Lipinski definition) is 3. The van der Waals surface area contributed by atoms with Gasteiger partial charge in [0, 0.05) is 25.6 Å². The number of ether oxygens (including phenoxy) is 2. The highest BCUT2D eigenvalue weighted by Gasteiger charge is 2.20. The number of carbonyl (C=O) groups excluding carboxylic acids is 1. The molecule has 36 heavy (non-hydrogen) atoms. The van der Waals surface area contributed by atoms with E-state index >= 15 is 0 Å². The van der Waals surface area contributed by atoms with Gasteiger partial charge < -0.3 is 24.1 Å².